The van der Waals surface area contributed by atoms with Gasteiger partial charge in [0.1, 0.15) is 12.6 Å². The number of aliphatic hydroxyl groups is 1. The number of rotatable bonds is 5. The average molecular weight is 521 g/mol. The van der Waals surface area contributed by atoms with Gasteiger partial charge in [-0.05, 0) is 56.0 Å². The summed E-state index contributed by atoms with van der Waals surface area (Å²) < 4.78 is 42.7. The number of likely N-dealkylation sites (N-methyl/N-ethyl adjacent to an activating group) is 1. The minimum Gasteiger partial charge on any atom is -0.373 e. The predicted octanol–water partition coefficient (Wildman–Crippen LogP) is 5.14. The fourth-order valence-electron chi connectivity index (χ4n) is 5.24. The van der Waals surface area contributed by atoms with E-state index in [1.54, 1.807) is 22.8 Å². The third-order valence-corrected chi connectivity index (χ3v) is 8.71. The zero-order chi connectivity index (χ0) is 25.9. The summed E-state index contributed by atoms with van der Waals surface area (Å²) in [5, 5.41) is 18.3. The molecule has 0 amide bonds. The van der Waals surface area contributed by atoms with Gasteiger partial charge in [-0.1, -0.05) is 13.8 Å². The SMILES string of the molecule is Cc1c(-c2[nH]c3cc(C(O)N(C)[C@@H]4CNC[C@H](C(F)(F)F)C4)sc3c2C(C)C)cn2ncnc2c1C. The second-order valence-corrected chi connectivity index (χ2v) is 11.2. The van der Waals surface area contributed by atoms with Crippen molar-refractivity contribution in [2.75, 3.05) is 20.1 Å². The number of aryl methyl sites for hydroxylation is 1. The number of aromatic amines is 1. The fraction of sp³-hybridized carbons (Fsp3) is 0.520. The quantitative estimate of drug-likeness (QED) is 0.318. The zero-order valence-electron chi connectivity index (χ0n) is 20.9. The number of hydrogen-bond donors (Lipinski definition) is 3. The molecule has 0 bridgehead atoms. The molecule has 1 aliphatic rings. The van der Waals surface area contributed by atoms with Gasteiger partial charge < -0.3 is 15.4 Å². The number of aliphatic hydroxyl groups excluding tert-OH is 1. The van der Waals surface area contributed by atoms with Gasteiger partial charge in [0.15, 0.2) is 5.65 Å². The van der Waals surface area contributed by atoms with E-state index in [1.165, 1.54) is 11.3 Å². The van der Waals surface area contributed by atoms with Crippen molar-refractivity contribution in [1.82, 2.24) is 29.8 Å². The number of thiophene rings is 1. The lowest BCUT2D eigenvalue weighted by atomic mass is 9.94. The molecule has 36 heavy (non-hydrogen) atoms. The van der Waals surface area contributed by atoms with E-state index in [0.29, 0.717) is 11.4 Å². The second kappa shape index (κ2) is 9.13. The van der Waals surface area contributed by atoms with Crippen LogP contribution in [0.25, 0.3) is 27.1 Å². The number of nitrogens with zero attached hydrogens (tertiary/aromatic N) is 4. The molecule has 11 heteroatoms. The van der Waals surface area contributed by atoms with E-state index in [0.717, 1.165) is 43.8 Å². The lowest BCUT2D eigenvalue weighted by Crippen LogP contribution is -2.51. The van der Waals surface area contributed by atoms with E-state index < -0.39 is 24.4 Å². The van der Waals surface area contributed by atoms with Crippen molar-refractivity contribution in [2.24, 2.45) is 5.92 Å². The minimum atomic E-state index is -4.25. The monoisotopic (exact) mass is 520 g/mol. The molecule has 4 aromatic rings. The second-order valence-electron chi connectivity index (χ2n) is 10.1. The van der Waals surface area contributed by atoms with Gasteiger partial charge in [-0.15, -0.1) is 11.3 Å². The van der Waals surface area contributed by atoms with Crippen LogP contribution in [0.1, 0.15) is 54.0 Å². The Morgan fingerprint density at radius 1 is 1.22 bits per heavy atom. The van der Waals surface area contributed by atoms with Crippen LogP contribution in [0, 0.1) is 19.8 Å². The first-order valence-electron chi connectivity index (χ1n) is 12.1. The first kappa shape index (κ1) is 25.2. The van der Waals surface area contributed by atoms with Crippen molar-refractivity contribution in [3.05, 3.63) is 40.2 Å². The van der Waals surface area contributed by atoms with Crippen molar-refractivity contribution in [2.45, 2.75) is 58.5 Å². The Labute approximate surface area is 211 Å². The van der Waals surface area contributed by atoms with Crippen LogP contribution < -0.4 is 5.32 Å². The number of halogens is 3. The third kappa shape index (κ3) is 4.21. The molecule has 1 fully saturated rings. The molecule has 3 N–H and O–H groups in total. The lowest BCUT2D eigenvalue weighted by molar-refractivity contribution is -0.185. The molecular weight excluding hydrogens is 489 g/mol. The standard InChI is InChI=1S/C25H31F3N6OS/c1-12(2)20-21(17-10-34-23(30-11-31-34)14(4)13(17)3)32-18-7-19(36-22(18)20)24(35)33(5)16-6-15(8-29-9-16)25(26,27)28/h7,10-12,15-16,24,29,32,35H,6,8-9H2,1-5H3/t15-,16+,24?/m1/s1. The van der Waals surface area contributed by atoms with Gasteiger partial charge >= 0.3 is 6.18 Å². The molecular formula is C25H31F3N6OS. The summed E-state index contributed by atoms with van der Waals surface area (Å²) >= 11 is 1.49. The number of nitrogens with one attached hydrogen (secondary N) is 2. The summed E-state index contributed by atoms with van der Waals surface area (Å²) in [6.07, 6.45) is -1.73. The Morgan fingerprint density at radius 2 is 1.97 bits per heavy atom. The number of pyridine rings is 1. The van der Waals surface area contributed by atoms with Crippen LogP contribution in [-0.4, -0.2) is 61.9 Å². The smallest absolute Gasteiger partial charge is 0.373 e. The van der Waals surface area contributed by atoms with Crippen LogP contribution in [0.3, 0.4) is 0 Å². The van der Waals surface area contributed by atoms with Crippen LogP contribution in [0.4, 0.5) is 13.2 Å². The molecule has 1 unspecified atom stereocenters. The Hall–Kier alpha value is -2.47. The van der Waals surface area contributed by atoms with Crippen LogP contribution in [0.5, 0.6) is 0 Å². The van der Waals surface area contributed by atoms with Gasteiger partial charge in [-0.3, -0.25) is 4.90 Å². The van der Waals surface area contributed by atoms with Gasteiger partial charge in [0.2, 0.25) is 0 Å². The molecule has 1 saturated heterocycles. The maximum atomic E-state index is 13.3. The summed E-state index contributed by atoms with van der Waals surface area (Å²) in [7, 11) is 1.69. The van der Waals surface area contributed by atoms with Crippen molar-refractivity contribution < 1.29 is 18.3 Å². The summed E-state index contributed by atoms with van der Waals surface area (Å²) in [6.45, 7) is 8.72. The number of hydrogen-bond acceptors (Lipinski definition) is 6. The number of fused-ring (bicyclic) bond motifs is 2. The van der Waals surface area contributed by atoms with E-state index in [1.807, 2.05) is 19.2 Å². The highest BCUT2D eigenvalue weighted by Gasteiger charge is 2.43. The van der Waals surface area contributed by atoms with E-state index in [9.17, 15) is 18.3 Å². The van der Waals surface area contributed by atoms with Crippen molar-refractivity contribution in [3.63, 3.8) is 0 Å². The van der Waals surface area contributed by atoms with E-state index >= 15 is 0 Å². The molecule has 7 nitrogen and oxygen atoms in total. The zero-order valence-corrected chi connectivity index (χ0v) is 21.8. The minimum absolute atomic E-state index is 0.0297. The number of aromatic nitrogens is 4. The molecule has 0 spiro atoms. The van der Waals surface area contributed by atoms with E-state index in [2.05, 4.69) is 41.2 Å². The van der Waals surface area contributed by atoms with Gasteiger partial charge in [-0.25, -0.2) is 9.50 Å². The van der Waals surface area contributed by atoms with Crippen molar-refractivity contribution >= 4 is 27.2 Å². The van der Waals surface area contributed by atoms with E-state index in [-0.39, 0.29) is 18.9 Å². The van der Waals surface area contributed by atoms with Crippen LogP contribution >= 0.6 is 11.3 Å². The Bertz CT molecular complexity index is 1400. The summed E-state index contributed by atoms with van der Waals surface area (Å²) in [5.41, 5.74) is 7.13. The first-order chi connectivity index (χ1) is 17.0. The topological polar surface area (TPSA) is 81.5 Å². The average Bonchev–Trinajstić information content (AvgIpc) is 3.54. The van der Waals surface area contributed by atoms with Gasteiger partial charge in [0, 0.05) is 30.9 Å². The molecule has 0 radical (unpaired) electrons. The number of H-pyrrole nitrogens is 1. The largest absolute Gasteiger partial charge is 0.393 e. The highest BCUT2D eigenvalue weighted by molar-refractivity contribution is 7.19. The highest BCUT2D eigenvalue weighted by atomic mass is 32.1. The maximum absolute atomic E-state index is 13.3. The molecule has 5 heterocycles. The summed E-state index contributed by atoms with van der Waals surface area (Å²) in [6, 6.07) is 1.51. The molecule has 0 saturated carbocycles. The highest BCUT2D eigenvalue weighted by Crippen LogP contribution is 2.43. The van der Waals surface area contributed by atoms with Gasteiger partial charge in [0.05, 0.1) is 26.7 Å². The molecule has 5 rings (SSSR count). The molecule has 3 atom stereocenters. The van der Waals surface area contributed by atoms with Crippen molar-refractivity contribution in [3.8, 4) is 11.3 Å². The van der Waals surface area contributed by atoms with Gasteiger partial charge in [0.25, 0.3) is 0 Å². The Morgan fingerprint density at radius 3 is 2.67 bits per heavy atom. The van der Waals surface area contributed by atoms with Gasteiger partial charge in [-0.2, -0.15) is 18.3 Å². The summed E-state index contributed by atoms with van der Waals surface area (Å²) in [4.78, 5) is 10.3. The lowest BCUT2D eigenvalue weighted by Gasteiger charge is -2.38. The van der Waals surface area contributed by atoms with E-state index in [4.69, 9.17) is 0 Å². The number of piperidine rings is 1. The van der Waals surface area contributed by atoms with Crippen LogP contribution in [-0.2, 0) is 0 Å². The molecule has 0 aromatic carbocycles. The van der Waals surface area contributed by atoms with Crippen molar-refractivity contribution in [1.29, 1.82) is 0 Å². The molecule has 0 aliphatic carbocycles. The Balaban J connectivity index is 1.49. The first-order valence-corrected chi connectivity index (χ1v) is 12.9. The molecule has 1 aliphatic heterocycles. The molecule has 194 valence electrons. The molecule has 4 aromatic heterocycles. The predicted molar refractivity (Wildman–Crippen MR) is 135 cm³/mol. The Kier molecular flexibility index (Phi) is 6.39. The fourth-order valence-corrected chi connectivity index (χ4v) is 6.59. The maximum Gasteiger partial charge on any atom is 0.393 e. The number of alkyl halides is 3. The third-order valence-electron chi connectivity index (χ3n) is 7.50. The normalized spacial score (nSPS) is 20.3. The van der Waals surface area contributed by atoms with Crippen LogP contribution in [0.15, 0.2) is 18.6 Å². The summed E-state index contributed by atoms with van der Waals surface area (Å²) in [5.74, 6) is -1.20. The van der Waals surface area contributed by atoms with Crippen LogP contribution in [0.2, 0.25) is 0 Å².